The minimum absolute atomic E-state index is 0.0863. The Morgan fingerprint density at radius 2 is 1.88 bits per heavy atom. The number of benzene rings is 1. The van der Waals surface area contributed by atoms with Crippen LogP contribution in [0.1, 0.15) is 30.6 Å². The van der Waals surface area contributed by atoms with E-state index in [2.05, 4.69) is 0 Å². The van der Waals surface area contributed by atoms with Crippen LogP contribution in [0.2, 0.25) is 0 Å². The van der Waals surface area contributed by atoms with Crippen molar-refractivity contribution >= 4 is 5.78 Å². The summed E-state index contributed by atoms with van der Waals surface area (Å²) in [4.78, 5) is 13.9. The maximum Gasteiger partial charge on any atom is 0.164 e. The summed E-state index contributed by atoms with van der Waals surface area (Å²) < 4.78 is 0. The zero-order valence-electron chi connectivity index (χ0n) is 10.8. The van der Waals surface area contributed by atoms with Crippen molar-refractivity contribution in [1.29, 1.82) is 0 Å². The lowest BCUT2D eigenvalue weighted by atomic mass is 10.0. The third kappa shape index (κ3) is 3.95. The normalized spacial score (nSPS) is 11.8. The van der Waals surface area contributed by atoms with Gasteiger partial charge in [0.1, 0.15) is 0 Å². The molecule has 94 valence electrons. The number of nitrogens with zero attached hydrogens (tertiary/aromatic N) is 1. The summed E-state index contributed by atoms with van der Waals surface area (Å²) in [6.45, 7) is 4.66. The minimum atomic E-state index is -0.281. The van der Waals surface area contributed by atoms with Crippen molar-refractivity contribution in [2.24, 2.45) is 0 Å². The van der Waals surface area contributed by atoms with Gasteiger partial charge in [0.25, 0.3) is 0 Å². The van der Waals surface area contributed by atoms with Gasteiger partial charge in [-0.1, -0.05) is 30.3 Å². The third-order valence-corrected chi connectivity index (χ3v) is 3.19. The van der Waals surface area contributed by atoms with Gasteiger partial charge in [-0.2, -0.15) is 0 Å². The molecule has 0 aromatic heterocycles. The molecule has 0 heterocycles. The number of rotatable bonds is 6. The van der Waals surface area contributed by atoms with Crippen LogP contribution >= 0.6 is 0 Å². The van der Waals surface area contributed by atoms with Crippen molar-refractivity contribution < 1.29 is 9.90 Å². The molecule has 0 radical (unpaired) electrons. The first-order chi connectivity index (χ1) is 7.97. The molecule has 0 spiro atoms. The molecule has 1 aromatic rings. The first-order valence-corrected chi connectivity index (χ1v) is 5.88. The van der Waals surface area contributed by atoms with Crippen LogP contribution in [-0.4, -0.2) is 41.5 Å². The number of aliphatic hydroxyl groups is 1. The van der Waals surface area contributed by atoms with Crippen LogP contribution in [0.5, 0.6) is 0 Å². The Kier molecular flexibility index (Phi) is 4.85. The minimum Gasteiger partial charge on any atom is -0.394 e. The molecule has 1 rings (SSSR count). The number of hydrogen-bond donors (Lipinski definition) is 1. The Hall–Kier alpha value is -1.19. The number of carbonyl (C=O) groups is 1. The standard InChI is InChI=1S/C14H21NO2/c1-14(2,11-16)15(3)10-9-13(17)12-7-5-4-6-8-12/h4-8,16H,9-11H2,1-3H3. The molecule has 3 nitrogen and oxygen atoms in total. The highest BCUT2D eigenvalue weighted by Gasteiger charge is 2.22. The fraction of sp³-hybridized carbons (Fsp3) is 0.500. The highest BCUT2D eigenvalue weighted by molar-refractivity contribution is 5.96. The average Bonchev–Trinajstić information content (AvgIpc) is 2.36. The van der Waals surface area contributed by atoms with Crippen molar-refractivity contribution in [3.8, 4) is 0 Å². The van der Waals surface area contributed by atoms with E-state index in [0.29, 0.717) is 13.0 Å². The molecule has 17 heavy (non-hydrogen) atoms. The van der Waals surface area contributed by atoms with E-state index in [0.717, 1.165) is 5.56 Å². The second-order valence-electron chi connectivity index (χ2n) is 4.93. The van der Waals surface area contributed by atoms with Gasteiger partial charge in [0.2, 0.25) is 0 Å². The molecule has 3 heteroatoms. The molecule has 0 aliphatic rings. The van der Waals surface area contributed by atoms with Gasteiger partial charge in [-0.05, 0) is 20.9 Å². The highest BCUT2D eigenvalue weighted by atomic mass is 16.3. The van der Waals surface area contributed by atoms with Gasteiger partial charge in [-0.25, -0.2) is 0 Å². The fourth-order valence-corrected chi connectivity index (χ4v) is 1.46. The number of ketones is 1. The lowest BCUT2D eigenvalue weighted by Crippen LogP contribution is -2.45. The summed E-state index contributed by atoms with van der Waals surface area (Å²) >= 11 is 0. The fourth-order valence-electron chi connectivity index (χ4n) is 1.46. The van der Waals surface area contributed by atoms with Crippen LogP contribution in [-0.2, 0) is 0 Å². The van der Waals surface area contributed by atoms with E-state index in [1.54, 1.807) is 0 Å². The molecule has 0 atom stereocenters. The molecule has 0 amide bonds. The zero-order valence-corrected chi connectivity index (χ0v) is 10.8. The second-order valence-corrected chi connectivity index (χ2v) is 4.93. The number of aliphatic hydroxyl groups excluding tert-OH is 1. The molecule has 1 aromatic carbocycles. The predicted molar refractivity (Wildman–Crippen MR) is 69.2 cm³/mol. The van der Waals surface area contributed by atoms with Crippen molar-refractivity contribution in [2.75, 3.05) is 20.2 Å². The Balaban J connectivity index is 2.50. The van der Waals surface area contributed by atoms with Crippen LogP contribution in [0, 0.1) is 0 Å². The molecule has 0 fully saturated rings. The lowest BCUT2D eigenvalue weighted by molar-refractivity contribution is 0.0725. The smallest absolute Gasteiger partial charge is 0.164 e. The van der Waals surface area contributed by atoms with E-state index >= 15 is 0 Å². The first-order valence-electron chi connectivity index (χ1n) is 5.88. The molecule has 0 saturated carbocycles. The van der Waals surface area contributed by atoms with Gasteiger partial charge in [-0.3, -0.25) is 9.69 Å². The molecule has 0 aliphatic heterocycles. The summed E-state index contributed by atoms with van der Waals surface area (Å²) in [5, 5.41) is 9.22. The lowest BCUT2D eigenvalue weighted by Gasteiger charge is -2.33. The summed E-state index contributed by atoms with van der Waals surface area (Å²) in [6, 6.07) is 9.31. The summed E-state index contributed by atoms with van der Waals surface area (Å²) in [7, 11) is 1.93. The van der Waals surface area contributed by atoms with Gasteiger partial charge in [0.05, 0.1) is 6.61 Å². The highest BCUT2D eigenvalue weighted by Crippen LogP contribution is 2.12. The maximum atomic E-state index is 11.9. The number of likely N-dealkylation sites (N-methyl/N-ethyl adjacent to an activating group) is 1. The van der Waals surface area contributed by atoms with Gasteiger partial charge in [0, 0.05) is 24.1 Å². The van der Waals surface area contributed by atoms with Gasteiger partial charge < -0.3 is 5.11 Å². The van der Waals surface area contributed by atoms with E-state index in [9.17, 15) is 9.90 Å². The first kappa shape index (κ1) is 13.9. The van der Waals surface area contributed by atoms with E-state index in [1.807, 2.05) is 56.1 Å². The van der Waals surface area contributed by atoms with E-state index in [-0.39, 0.29) is 17.9 Å². The predicted octanol–water partition coefficient (Wildman–Crippen LogP) is 1.96. The van der Waals surface area contributed by atoms with Crippen molar-refractivity contribution in [3.05, 3.63) is 35.9 Å². The molecule has 0 saturated heterocycles. The topological polar surface area (TPSA) is 40.5 Å². The van der Waals surface area contributed by atoms with Gasteiger partial charge >= 0.3 is 0 Å². The maximum absolute atomic E-state index is 11.9. The van der Waals surface area contributed by atoms with Crippen LogP contribution in [0.25, 0.3) is 0 Å². The van der Waals surface area contributed by atoms with Crippen LogP contribution < -0.4 is 0 Å². The Labute approximate surface area is 103 Å². The largest absolute Gasteiger partial charge is 0.394 e. The zero-order chi connectivity index (χ0) is 12.9. The summed E-state index contributed by atoms with van der Waals surface area (Å²) in [5.74, 6) is 0.145. The number of hydrogen-bond acceptors (Lipinski definition) is 3. The SMILES string of the molecule is CN(CCC(=O)c1ccccc1)C(C)(C)CO. The van der Waals surface area contributed by atoms with Crippen LogP contribution in [0.3, 0.4) is 0 Å². The Bertz CT molecular complexity index is 360. The quantitative estimate of drug-likeness (QED) is 0.766. The van der Waals surface area contributed by atoms with Gasteiger partial charge in [-0.15, -0.1) is 0 Å². The van der Waals surface area contributed by atoms with Gasteiger partial charge in [0.15, 0.2) is 5.78 Å². The molecule has 0 aliphatic carbocycles. The van der Waals surface area contributed by atoms with Crippen LogP contribution in [0.4, 0.5) is 0 Å². The van der Waals surface area contributed by atoms with Crippen molar-refractivity contribution in [1.82, 2.24) is 4.90 Å². The monoisotopic (exact) mass is 235 g/mol. The number of Topliss-reactive ketones (excluding diaryl/α,β-unsaturated/α-hetero) is 1. The third-order valence-electron chi connectivity index (χ3n) is 3.19. The Morgan fingerprint density at radius 1 is 1.29 bits per heavy atom. The molecular formula is C14H21NO2. The van der Waals surface area contributed by atoms with Crippen molar-refractivity contribution in [2.45, 2.75) is 25.8 Å². The second kappa shape index (κ2) is 5.94. The van der Waals surface area contributed by atoms with E-state index in [4.69, 9.17) is 0 Å². The van der Waals surface area contributed by atoms with E-state index < -0.39 is 0 Å². The average molecular weight is 235 g/mol. The van der Waals surface area contributed by atoms with Crippen LogP contribution in [0.15, 0.2) is 30.3 Å². The summed E-state index contributed by atoms with van der Waals surface area (Å²) in [6.07, 6.45) is 0.476. The molecule has 1 N–H and O–H groups in total. The summed E-state index contributed by atoms with van der Waals surface area (Å²) in [5.41, 5.74) is 0.472. The Morgan fingerprint density at radius 3 is 2.41 bits per heavy atom. The van der Waals surface area contributed by atoms with E-state index in [1.165, 1.54) is 0 Å². The van der Waals surface area contributed by atoms with Crippen molar-refractivity contribution in [3.63, 3.8) is 0 Å². The molecule has 0 unspecified atom stereocenters. The number of carbonyl (C=O) groups excluding carboxylic acids is 1. The molecule has 0 bridgehead atoms. The molecular weight excluding hydrogens is 214 g/mol.